The number of carbonyl (C=O) groups is 3. The maximum atomic E-state index is 12.2. The van der Waals surface area contributed by atoms with Gasteiger partial charge in [-0.1, -0.05) is 6.07 Å². The van der Waals surface area contributed by atoms with Crippen LogP contribution in [0.2, 0.25) is 0 Å². The van der Waals surface area contributed by atoms with Crippen LogP contribution in [0.15, 0.2) is 47.1 Å². The van der Waals surface area contributed by atoms with Crippen molar-refractivity contribution in [1.82, 2.24) is 5.32 Å². The van der Waals surface area contributed by atoms with Crippen molar-refractivity contribution in [3.8, 4) is 0 Å². The topological polar surface area (TPSA) is 112 Å². The minimum absolute atomic E-state index is 0.0521. The number of nitrogens with one attached hydrogen (secondary N) is 2. The molecule has 0 spiro atoms. The molecule has 3 N–H and O–H groups in total. The maximum Gasteiger partial charge on any atom is 0.313 e. The Balaban J connectivity index is 1.55. The normalized spacial score (nSPS) is 16.2. The van der Waals surface area contributed by atoms with Crippen LogP contribution in [0.25, 0.3) is 0 Å². The van der Waals surface area contributed by atoms with Crippen LogP contribution >= 0.6 is 0 Å². The Morgan fingerprint density at radius 2 is 2.03 bits per heavy atom. The lowest BCUT2D eigenvalue weighted by Gasteiger charge is -2.27. The molecule has 3 rings (SSSR count). The average molecular weight is 399 g/mol. The second kappa shape index (κ2) is 8.91. The highest BCUT2D eigenvalue weighted by molar-refractivity contribution is 6.39. The first kappa shape index (κ1) is 20.6. The molecule has 2 aromatic rings. The third-order valence-electron chi connectivity index (χ3n) is 4.71. The standard InChI is InChI=1S/C21H25N3O5/c1-21(28,13-17-8-5-11-29-17)14-22-19(26)20(27)23-15-6-4-7-16(12-15)24-10-3-2-9-18(24)25/h4-8,11-12,28H,2-3,9-10,13-14H2,1H3,(H,22,26)(H,23,27). The zero-order chi connectivity index (χ0) is 20.9. The Bertz CT molecular complexity index is 876. The Morgan fingerprint density at radius 3 is 2.76 bits per heavy atom. The molecule has 1 fully saturated rings. The first-order chi connectivity index (χ1) is 13.8. The minimum Gasteiger partial charge on any atom is -0.469 e. The molecule has 1 aromatic heterocycles. The van der Waals surface area contributed by atoms with Crippen molar-refractivity contribution in [3.63, 3.8) is 0 Å². The van der Waals surface area contributed by atoms with Gasteiger partial charge in [-0.3, -0.25) is 14.4 Å². The number of piperidine rings is 1. The average Bonchev–Trinajstić information content (AvgIpc) is 3.19. The van der Waals surface area contributed by atoms with Gasteiger partial charge in [0.2, 0.25) is 5.91 Å². The molecule has 0 saturated carbocycles. The molecule has 2 heterocycles. The van der Waals surface area contributed by atoms with E-state index in [1.165, 1.54) is 6.26 Å². The summed E-state index contributed by atoms with van der Waals surface area (Å²) in [7, 11) is 0. The number of benzene rings is 1. The number of hydrogen-bond acceptors (Lipinski definition) is 5. The van der Waals surface area contributed by atoms with Crippen LogP contribution in [-0.2, 0) is 20.8 Å². The van der Waals surface area contributed by atoms with Crippen molar-refractivity contribution >= 4 is 29.1 Å². The van der Waals surface area contributed by atoms with Crippen LogP contribution in [0, 0.1) is 0 Å². The molecule has 1 atom stereocenters. The Labute approximate surface area is 168 Å². The molecule has 3 amide bonds. The lowest BCUT2D eigenvalue weighted by molar-refractivity contribution is -0.136. The van der Waals surface area contributed by atoms with E-state index in [0.717, 1.165) is 12.8 Å². The third-order valence-corrected chi connectivity index (χ3v) is 4.71. The minimum atomic E-state index is -1.26. The highest BCUT2D eigenvalue weighted by Gasteiger charge is 2.25. The molecule has 8 nitrogen and oxygen atoms in total. The lowest BCUT2D eigenvalue weighted by atomic mass is 10.0. The third kappa shape index (κ3) is 5.68. The predicted octanol–water partition coefficient (Wildman–Crippen LogP) is 1.84. The fourth-order valence-corrected chi connectivity index (χ4v) is 3.22. The van der Waals surface area contributed by atoms with Crippen LogP contribution in [0.1, 0.15) is 31.9 Å². The van der Waals surface area contributed by atoms with Gasteiger partial charge in [-0.05, 0) is 50.1 Å². The van der Waals surface area contributed by atoms with E-state index >= 15 is 0 Å². The first-order valence-electron chi connectivity index (χ1n) is 9.58. The molecule has 29 heavy (non-hydrogen) atoms. The van der Waals surface area contributed by atoms with Gasteiger partial charge in [0.1, 0.15) is 5.76 Å². The number of carbonyl (C=O) groups excluding carboxylic acids is 3. The first-order valence-corrected chi connectivity index (χ1v) is 9.58. The molecule has 154 valence electrons. The molecule has 0 radical (unpaired) electrons. The fourth-order valence-electron chi connectivity index (χ4n) is 3.22. The predicted molar refractivity (Wildman–Crippen MR) is 107 cm³/mol. The SMILES string of the molecule is CC(O)(CNC(=O)C(=O)Nc1cccc(N2CCCCC2=O)c1)Cc1ccco1. The maximum absolute atomic E-state index is 12.2. The quantitative estimate of drug-likeness (QED) is 0.642. The summed E-state index contributed by atoms with van der Waals surface area (Å²) in [6, 6.07) is 10.3. The smallest absolute Gasteiger partial charge is 0.313 e. The van der Waals surface area contributed by atoms with E-state index in [2.05, 4.69) is 10.6 Å². The van der Waals surface area contributed by atoms with Gasteiger partial charge in [0.05, 0.1) is 11.9 Å². The van der Waals surface area contributed by atoms with Gasteiger partial charge in [-0.2, -0.15) is 0 Å². The summed E-state index contributed by atoms with van der Waals surface area (Å²) in [6.45, 7) is 2.08. The van der Waals surface area contributed by atoms with Gasteiger partial charge < -0.3 is 25.1 Å². The fraction of sp³-hybridized carbons (Fsp3) is 0.381. The molecular formula is C21H25N3O5. The number of aliphatic hydroxyl groups is 1. The van der Waals surface area contributed by atoms with Gasteiger partial charge in [0.15, 0.2) is 0 Å². The number of nitrogens with zero attached hydrogens (tertiary/aromatic N) is 1. The van der Waals surface area contributed by atoms with Crippen molar-refractivity contribution in [3.05, 3.63) is 48.4 Å². The molecule has 1 aromatic carbocycles. The van der Waals surface area contributed by atoms with Crippen LogP contribution in [0.4, 0.5) is 11.4 Å². The second-order valence-electron chi connectivity index (χ2n) is 7.44. The molecular weight excluding hydrogens is 374 g/mol. The van der Waals surface area contributed by atoms with E-state index in [-0.39, 0.29) is 18.9 Å². The van der Waals surface area contributed by atoms with Crippen molar-refractivity contribution in [2.75, 3.05) is 23.3 Å². The van der Waals surface area contributed by atoms with Crippen molar-refractivity contribution in [1.29, 1.82) is 0 Å². The van der Waals surface area contributed by atoms with Crippen LogP contribution < -0.4 is 15.5 Å². The zero-order valence-electron chi connectivity index (χ0n) is 16.3. The van der Waals surface area contributed by atoms with Crippen molar-refractivity contribution in [2.45, 2.75) is 38.2 Å². The Morgan fingerprint density at radius 1 is 1.21 bits per heavy atom. The molecule has 1 aliphatic heterocycles. The summed E-state index contributed by atoms with van der Waals surface area (Å²) in [5, 5.41) is 15.3. The molecule has 0 aliphatic carbocycles. The van der Waals surface area contributed by atoms with E-state index in [1.807, 2.05) is 0 Å². The van der Waals surface area contributed by atoms with Crippen LogP contribution in [0.3, 0.4) is 0 Å². The summed E-state index contributed by atoms with van der Waals surface area (Å²) in [5.41, 5.74) is -0.153. The molecule has 1 aliphatic rings. The summed E-state index contributed by atoms with van der Waals surface area (Å²) in [4.78, 5) is 38.1. The van der Waals surface area contributed by atoms with E-state index in [1.54, 1.807) is 48.2 Å². The summed E-state index contributed by atoms with van der Waals surface area (Å²) in [5.74, 6) is -1.07. The van der Waals surface area contributed by atoms with E-state index in [9.17, 15) is 19.5 Å². The van der Waals surface area contributed by atoms with Crippen LogP contribution in [-0.4, -0.2) is 41.5 Å². The van der Waals surface area contributed by atoms with Gasteiger partial charge >= 0.3 is 11.8 Å². The van der Waals surface area contributed by atoms with E-state index < -0.39 is 17.4 Å². The van der Waals surface area contributed by atoms with Gasteiger partial charge in [0.25, 0.3) is 0 Å². The number of hydrogen-bond donors (Lipinski definition) is 3. The number of rotatable bonds is 6. The number of amides is 3. The van der Waals surface area contributed by atoms with E-state index in [4.69, 9.17) is 4.42 Å². The summed E-state index contributed by atoms with van der Waals surface area (Å²) < 4.78 is 5.19. The lowest BCUT2D eigenvalue weighted by Crippen LogP contribution is -2.45. The number of furan rings is 1. The highest BCUT2D eigenvalue weighted by atomic mass is 16.3. The van der Waals surface area contributed by atoms with Gasteiger partial charge in [-0.25, -0.2) is 0 Å². The largest absolute Gasteiger partial charge is 0.469 e. The molecule has 0 bridgehead atoms. The second-order valence-corrected chi connectivity index (χ2v) is 7.44. The Kier molecular flexibility index (Phi) is 6.33. The van der Waals surface area contributed by atoms with E-state index in [0.29, 0.717) is 30.1 Å². The monoisotopic (exact) mass is 399 g/mol. The molecule has 8 heteroatoms. The van der Waals surface area contributed by atoms with Crippen molar-refractivity contribution < 1.29 is 23.9 Å². The molecule has 1 unspecified atom stereocenters. The number of anilines is 2. The zero-order valence-corrected chi connectivity index (χ0v) is 16.3. The Hall–Kier alpha value is -3.13. The van der Waals surface area contributed by atoms with Crippen molar-refractivity contribution in [2.24, 2.45) is 0 Å². The summed E-state index contributed by atoms with van der Waals surface area (Å²) in [6.07, 6.45) is 4.03. The van der Waals surface area contributed by atoms with Gasteiger partial charge in [0, 0.05) is 37.3 Å². The summed E-state index contributed by atoms with van der Waals surface area (Å²) >= 11 is 0. The van der Waals surface area contributed by atoms with Crippen LogP contribution in [0.5, 0.6) is 0 Å². The van der Waals surface area contributed by atoms with Gasteiger partial charge in [-0.15, -0.1) is 0 Å². The highest BCUT2D eigenvalue weighted by Crippen LogP contribution is 2.23. The molecule has 1 saturated heterocycles.